The van der Waals surface area contributed by atoms with Gasteiger partial charge in [0.05, 0.1) is 13.4 Å². The minimum atomic E-state index is -1.14. The number of hydrogen-bond donors (Lipinski definition) is 0. The van der Waals surface area contributed by atoms with Crippen molar-refractivity contribution >= 4 is 17.3 Å². The molecule has 2 aromatic rings. The second-order valence-electron chi connectivity index (χ2n) is 5.98. The smallest absolute Gasteiger partial charge is 0.155 e. The fraction of sp³-hybridized carbons (Fsp3) is 0.316. The molecule has 0 amide bonds. The van der Waals surface area contributed by atoms with Crippen molar-refractivity contribution in [2.75, 3.05) is 7.11 Å². The van der Waals surface area contributed by atoms with Gasteiger partial charge in [0, 0.05) is 25.2 Å². The lowest BCUT2D eigenvalue weighted by Gasteiger charge is -2.24. The first-order chi connectivity index (χ1) is 11.6. The zero-order chi connectivity index (χ0) is 17.1. The van der Waals surface area contributed by atoms with Crippen molar-refractivity contribution in [3.8, 4) is 5.75 Å². The summed E-state index contributed by atoms with van der Waals surface area (Å²) < 4.78 is 10.4. The van der Waals surface area contributed by atoms with Gasteiger partial charge in [0.1, 0.15) is 17.4 Å². The maximum atomic E-state index is 12.4. The minimum absolute atomic E-state index is 0.0670. The quantitative estimate of drug-likeness (QED) is 0.790. The first-order valence-electron chi connectivity index (χ1n) is 7.83. The third kappa shape index (κ3) is 3.30. The van der Waals surface area contributed by atoms with Crippen LogP contribution in [-0.4, -0.2) is 24.5 Å². The summed E-state index contributed by atoms with van der Waals surface area (Å²) in [4.78, 5) is 37.1. The third-order valence-corrected chi connectivity index (χ3v) is 4.34. The Bertz CT molecular complexity index is 725. The van der Waals surface area contributed by atoms with Gasteiger partial charge in [-0.05, 0) is 29.8 Å². The second kappa shape index (κ2) is 6.83. The van der Waals surface area contributed by atoms with Crippen molar-refractivity contribution in [3.05, 3.63) is 54.0 Å². The van der Waals surface area contributed by atoms with Gasteiger partial charge >= 0.3 is 0 Å². The fourth-order valence-corrected chi connectivity index (χ4v) is 3.10. The van der Waals surface area contributed by atoms with E-state index in [1.807, 2.05) is 0 Å². The number of ketones is 3. The van der Waals surface area contributed by atoms with Gasteiger partial charge in [-0.3, -0.25) is 14.4 Å². The number of carbonyl (C=O) groups excluding carboxylic acids is 3. The highest BCUT2D eigenvalue weighted by Crippen LogP contribution is 2.32. The van der Waals surface area contributed by atoms with Crippen LogP contribution in [0.4, 0.5) is 0 Å². The standard InChI is InChI=1S/C19H18O5/c1-23-14-6-4-12(5-7-14)9-15(20)19-16(21)10-13(11-17(19)22)18-3-2-8-24-18/h2-8,13,19H,9-11H2,1H3. The highest BCUT2D eigenvalue weighted by atomic mass is 16.5. The van der Waals surface area contributed by atoms with E-state index in [1.54, 1.807) is 43.5 Å². The summed E-state index contributed by atoms with van der Waals surface area (Å²) in [7, 11) is 1.56. The van der Waals surface area contributed by atoms with Crippen molar-refractivity contribution < 1.29 is 23.5 Å². The average molecular weight is 326 g/mol. The Morgan fingerprint density at radius 2 is 1.79 bits per heavy atom. The first-order valence-corrected chi connectivity index (χ1v) is 7.83. The number of furan rings is 1. The van der Waals surface area contributed by atoms with E-state index in [4.69, 9.17) is 9.15 Å². The first kappa shape index (κ1) is 16.2. The molecule has 0 saturated heterocycles. The molecule has 0 aliphatic heterocycles. The third-order valence-electron chi connectivity index (χ3n) is 4.34. The Hall–Kier alpha value is -2.69. The van der Waals surface area contributed by atoms with Crippen LogP contribution in [0.25, 0.3) is 0 Å². The molecule has 0 unspecified atom stereocenters. The summed E-state index contributed by atoms with van der Waals surface area (Å²) in [6.45, 7) is 0. The monoisotopic (exact) mass is 326 g/mol. The molecule has 5 heteroatoms. The summed E-state index contributed by atoms with van der Waals surface area (Å²) >= 11 is 0. The van der Waals surface area contributed by atoms with Crippen LogP contribution >= 0.6 is 0 Å². The number of carbonyl (C=O) groups is 3. The van der Waals surface area contributed by atoms with Crippen LogP contribution in [0.15, 0.2) is 47.1 Å². The van der Waals surface area contributed by atoms with Gasteiger partial charge in [-0.1, -0.05) is 12.1 Å². The highest BCUT2D eigenvalue weighted by Gasteiger charge is 2.40. The van der Waals surface area contributed by atoms with E-state index in [9.17, 15) is 14.4 Å². The van der Waals surface area contributed by atoms with Crippen molar-refractivity contribution in [1.82, 2.24) is 0 Å². The summed E-state index contributed by atoms with van der Waals surface area (Å²) in [5.74, 6) is -1.05. The lowest BCUT2D eigenvalue weighted by atomic mass is 9.76. The van der Waals surface area contributed by atoms with E-state index in [0.29, 0.717) is 11.5 Å². The molecule has 0 bridgehead atoms. The Kier molecular flexibility index (Phi) is 4.60. The van der Waals surface area contributed by atoms with Gasteiger partial charge in [0.15, 0.2) is 17.3 Å². The minimum Gasteiger partial charge on any atom is -0.497 e. The molecule has 1 aliphatic carbocycles. The number of ether oxygens (including phenoxy) is 1. The molecule has 124 valence electrons. The summed E-state index contributed by atoms with van der Waals surface area (Å²) in [5.41, 5.74) is 0.759. The second-order valence-corrected chi connectivity index (χ2v) is 5.98. The maximum absolute atomic E-state index is 12.4. The Morgan fingerprint density at radius 3 is 2.33 bits per heavy atom. The van der Waals surface area contributed by atoms with Crippen molar-refractivity contribution in [2.24, 2.45) is 5.92 Å². The highest BCUT2D eigenvalue weighted by molar-refractivity contribution is 6.21. The molecule has 3 rings (SSSR count). The normalized spacial score (nSPS) is 20.9. The summed E-state index contributed by atoms with van der Waals surface area (Å²) in [6.07, 6.45) is 1.92. The van der Waals surface area contributed by atoms with E-state index >= 15 is 0 Å². The number of benzene rings is 1. The molecular formula is C19H18O5. The van der Waals surface area contributed by atoms with Crippen LogP contribution in [0, 0.1) is 5.92 Å². The van der Waals surface area contributed by atoms with Gasteiger partial charge in [0.25, 0.3) is 0 Å². The van der Waals surface area contributed by atoms with E-state index in [1.165, 1.54) is 6.26 Å². The molecule has 1 fully saturated rings. The predicted molar refractivity (Wildman–Crippen MR) is 85.9 cm³/mol. The average Bonchev–Trinajstić information content (AvgIpc) is 3.09. The Balaban J connectivity index is 1.68. The number of rotatable bonds is 5. The van der Waals surface area contributed by atoms with Crippen LogP contribution in [0.5, 0.6) is 5.75 Å². The zero-order valence-electron chi connectivity index (χ0n) is 13.4. The molecule has 1 saturated carbocycles. The predicted octanol–water partition coefficient (Wildman–Crippen LogP) is 2.73. The van der Waals surface area contributed by atoms with Crippen LogP contribution in [0.1, 0.15) is 30.1 Å². The molecule has 1 heterocycles. The Morgan fingerprint density at radius 1 is 1.12 bits per heavy atom. The molecule has 24 heavy (non-hydrogen) atoms. The van der Waals surface area contributed by atoms with Crippen molar-refractivity contribution in [2.45, 2.75) is 25.2 Å². The molecule has 1 aromatic carbocycles. The van der Waals surface area contributed by atoms with E-state index in [-0.39, 0.29) is 42.5 Å². The van der Waals surface area contributed by atoms with E-state index < -0.39 is 5.92 Å². The lowest BCUT2D eigenvalue weighted by Crippen LogP contribution is -2.38. The molecule has 5 nitrogen and oxygen atoms in total. The number of hydrogen-bond acceptors (Lipinski definition) is 5. The fourth-order valence-electron chi connectivity index (χ4n) is 3.10. The van der Waals surface area contributed by atoms with Gasteiger partial charge < -0.3 is 9.15 Å². The van der Waals surface area contributed by atoms with Crippen LogP contribution in [0.2, 0.25) is 0 Å². The summed E-state index contributed by atoms with van der Waals surface area (Å²) in [6, 6.07) is 10.5. The van der Waals surface area contributed by atoms with Gasteiger partial charge in [0.2, 0.25) is 0 Å². The number of Topliss-reactive ketones (excluding diaryl/α,β-unsaturated/α-hetero) is 3. The van der Waals surface area contributed by atoms with E-state index in [2.05, 4.69) is 0 Å². The molecule has 0 atom stereocenters. The molecule has 1 aromatic heterocycles. The van der Waals surface area contributed by atoms with Crippen LogP contribution < -0.4 is 4.74 Å². The summed E-state index contributed by atoms with van der Waals surface area (Å²) in [5, 5.41) is 0. The van der Waals surface area contributed by atoms with Crippen LogP contribution in [0.3, 0.4) is 0 Å². The molecular weight excluding hydrogens is 308 g/mol. The van der Waals surface area contributed by atoms with Crippen LogP contribution in [-0.2, 0) is 20.8 Å². The SMILES string of the molecule is COc1ccc(CC(=O)C2C(=O)CC(c3ccco3)CC2=O)cc1. The maximum Gasteiger partial charge on any atom is 0.155 e. The molecule has 1 aliphatic rings. The lowest BCUT2D eigenvalue weighted by molar-refractivity contribution is -0.142. The molecule has 0 radical (unpaired) electrons. The topological polar surface area (TPSA) is 73.6 Å². The van der Waals surface area contributed by atoms with Crippen molar-refractivity contribution in [3.63, 3.8) is 0 Å². The largest absolute Gasteiger partial charge is 0.497 e. The van der Waals surface area contributed by atoms with E-state index in [0.717, 1.165) is 5.56 Å². The zero-order valence-corrected chi connectivity index (χ0v) is 13.4. The van der Waals surface area contributed by atoms with Crippen molar-refractivity contribution in [1.29, 1.82) is 0 Å². The van der Waals surface area contributed by atoms with Gasteiger partial charge in [-0.25, -0.2) is 0 Å². The van der Waals surface area contributed by atoms with Gasteiger partial charge in [-0.2, -0.15) is 0 Å². The Labute approximate surface area is 139 Å². The number of methoxy groups -OCH3 is 1. The van der Waals surface area contributed by atoms with Gasteiger partial charge in [-0.15, -0.1) is 0 Å². The molecule has 0 spiro atoms. The molecule has 0 N–H and O–H groups in total.